The van der Waals surface area contributed by atoms with Gasteiger partial charge in [0.25, 0.3) is 0 Å². The van der Waals surface area contributed by atoms with Gasteiger partial charge in [-0.2, -0.15) is 8.78 Å². The Morgan fingerprint density at radius 2 is 1.94 bits per heavy atom. The second-order valence-corrected chi connectivity index (χ2v) is 4.18. The number of alkyl halides is 4. The highest BCUT2D eigenvalue weighted by molar-refractivity contribution is 9.10. The van der Waals surface area contributed by atoms with Crippen molar-refractivity contribution in [3.63, 3.8) is 0 Å². The van der Waals surface area contributed by atoms with Gasteiger partial charge in [-0.15, -0.1) is 0 Å². The van der Waals surface area contributed by atoms with E-state index >= 15 is 0 Å². The molecule has 0 radical (unpaired) electrons. The molecule has 0 bridgehead atoms. The average molecular weight is 317 g/mol. The molecule has 0 heterocycles. The summed E-state index contributed by atoms with van der Waals surface area (Å²) in [7, 11) is 0. The van der Waals surface area contributed by atoms with E-state index in [2.05, 4.69) is 15.9 Å². The Hall–Kier alpha value is -0.980. The quantitative estimate of drug-likeness (QED) is 0.776. The van der Waals surface area contributed by atoms with E-state index < -0.39 is 30.4 Å². The number of rotatable bonds is 4. The number of carbonyl (C=O) groups is 1. The third-order valence-electron chi connectivity index (χ3n) is 2.00. The van der Waals surface area contributed by atoms with Gasteiger partial charge in [-0.25, -0.2) is 13.2 Å². The van der Waals surface area contributed by atoms with Crippen molar-refractivity contribution in [2.45, 2.75) is 18.8 Å². The van der Waals surface area contributed by atoms with Gasteiger partial charge in [-0.3, -0.25) is 4.79 Å². The summed E-state index contributed by atoms with van der Waals surface area (Å²) in [4.78, 5) is 10.9. The zero-order valence-electron chi connectivity index (χ0n) is 8.19. The predicted octanol–water partition coefficient (Wildman–Crippen LogP) is 3.60. The summed E-state index contributed by atoms with van der Waals surface area (Å²) < 4.78 is 62.5. The molecule has 0 aliphatic carbocycles. The van der Waals surface area contributed by atoms with Crippen LogP contribution in [-0.2, 0) is 11.2 Å². The first kappa shape index (κ1) is 14.1. The minimum absolute atomic E-state index is 0.357. The summed E-state index contributed by atoms with van der Waals surface area (Å²) in [6, 6.07) is 3.34. The molecule has 0 saturated heterocycles. The van der Waals surface area contributed by atoms with Crippen LogP contribution >= 0.6 is 15.9 Å². The summed E-state index contributed by atoms with van der Waals surface area (Å²) in [6.07, 6.45) is -5.17. The van der Waals surface area contributed by atoms with Gasteiger partial charge in [-0.05, 0) is 23.8 Å². The molecule has 0 unspecified atom stereocenters. The minimum Gasteiger partial charge on any atom is -0.292 e. The molecule has 0 atom stereocenters. The molecule has 0 aromatic heterocycles. The summed E-state index contributed by atoms with van der Waals surface area (Å²) >= 11 is 2.95. The summed E-state index contributed by atoms with van der Waals surface area (Å²) in [5, 5.41) is 0. The van der Waals surface area contributed by atoms with Crippen LogP contribution in [0.15, 0.2) is 22.7 Å². The van der Waals surface area contributed by atoms with Gasteiger partial charge in [0.1, 0.15) is 5.82 Å². The summed E-state index contributed by atoms with van der Waals surface area (Å²) in [6.45, 7) is 0. The van der Waals surface area contributed by atoms with Gasteiger partial charge in [0.2, 0.25) is 5.78 Å². The van der Waals surface area contributed by atoms with Crippen molar-refractivity contribution in [1.82, 2.24) is 0 Å². The number of hydrogen-bond acceptors (Lipinski definition) is 1. The Kier molecular flexibility index (Phi) is 4.24. The third kappa shape index (κ3) is 3.24. The van der Waals surface area contributed by atoms with E-state index in [-0.39, 0.29) is 5.56 Å². The predicted molar refractivity (Wildman–Crippen MR) is 53.8 cm³/mol. The van der Waals surface area contributed by atoms with Crippen molar-refractivity contribution in [1.29, 1.82) is 0 Å². The van der Waals surface area contributed by atoms with E-state index in [4.69, 9.17) is 0 Å². The van der Waals surface area contributed by atoms with Crippen molar-refractivity contribution in [2.75, 3.05) is 0 Å². The van der Waals surface area contributed by atoms with Crippen LogP contribution in [0.3, 0.4) is 0 Å². The molecule has 0 spiro atoms. The Balaban J connectivity index is 2.92. The largest absolute Gasteiger partial charge is 0.364 e. The molecule has 1 rings (SSSR count). The first-order valence-electron chi connectivity index (χ1n) is 4.38. The molecule has 1 aromatic carbocycles. The molecule has 7 heteroatoms. The lowest BCUT2D eigenvalue weighted by Crippen LogP contribution is -2.37. The van der Waals surface area contributed by atoms with Crippen LogP contribution in [0.4, 0.5) is 22.0 Å². The molecular weight excluding hydrogens is 311 g/mol. The average Bonchev–Trinajstić information content (AvgIpc) is 2.23. The Morgan fingerprint density at radius 1 is 1.35 bits per heavy atom. The molecular formula is C10H6BrF5O. The second-order valence-electron chi connectivity index (χ2n) is 3.26. The molecule has 94 valence electrons. The maximum atomic E-state index is 13.1. The highest BCUT2D eigenvalue weighted by Gasteiger charge is 2.48. The van der Waals surface area contributed by atoms with Gasteiger partial charge >= 0.3 is 12.3 Å². The molecule has 0 saturated carbocycles. The lowest BCUT2D eigenvalue weighted by Gasteiger charge is -2.13. The maximum absolute atomic E-state index is 13.1. The molecule has 1 aromatic rings. The molecule has 0 amide bonds. The Bertz CT molecular complexity index is 433. The number of ketones is 1. The van der Waals surface area contributed by atoms with Gasteiger partial charge in [-0.1, -0.05) is 15.9 Å². The Labute approximate surface area is 102 Å². The Morgan fingerprint density at radius 3 is 2.47 bits per heavy atom. The topological polar surface area (TPSA) is 17.1 Å². The lowest BCUT2D eigenvalue weighted by molar-refractivity contribution is -0.166. The van der Waals surface area contributed by atoms with Crippen LogP contribution in [0.25, 0.3) is 0 Å². The molecule has 0 aliphatic heterocycles. The number of hydrogen-bond donors (Lipinski definition) is 0. The smallest absolute Gasteiger partial charge is 0.292 e. The van der Waals surface area contributed by atoms with Crippen LogP contribution in [0.1, 0.15) is 5.56 Å². The number of Topliss-reactive ketones (excluding diaryl/α,β-unsaturated/α-hetero) is 1. The van der Waals surface area contributed by atoms with E-state index in [1.165, 1.54) is 6.07 Å². The van der Waals surface area contributed by atoms with Crippen molar-refractivity contribution in [2.24, 2.45) is 0 Å². The van der Waals surface area contributed by atoms with Crippen LogP contribution in [0.5, 0.6) is 0 Å². The normalized spacial score (nSPS) is 11.9. The van der Waals surface area contributed by atoms with Gasteiger partial charge in [0, 0.05) is 10.9 Å². The van der Waals surface area contributed by atoms with Crippen LogP contribution < -0.4 is 0 Å². The highest BCUT2D eigenvalue weighted by atomic mass is 79.9. The monoisotopic (exact) mass is 316 g/mol. The summed E-state index contributed by atoms with van der Waals surface area (Å²) in [5.74, 6) is -7.66. The number of carbonyl (C=O) groups excluding carboxylic acids is 1. The zero-order valence-corrected chi connectivity index (χ0v) is 9.78. The summed E-state index contributed by atoms with van der Waals surface area (Å²) in [5.41, 5.74) is -0.357. The minimum atomic E-state index is -4.76. The van der Waals surface area contributed by atoms with E-state index in [1.807, 2.05) is 0 Å². The van der Waals surface area contributed by atoms with E-state index in [9.17, 15) is 26.7 Å². The highest BCUT2D eigenvalue weighted by Crippen LogP contribution is 2.26. The number of benzene rings is 1. The molecule has 0 fully saturated rings. The standard InChI is InChI=1S/C10H6BrF5O/c11-6-1-2-7(12)5(3-6)4-8(17)10(15,16)9(13)14/h1-3,9H,4H2. The van der Waals surface area contributed by atoms with Gasteiger partial charge in [0.15, 0.2) is 0 Å². The fourth-order valence-electron chi connectivity index (χ4n) is 1.09. The first-order chi connectivity index (χ1) is 7.75. The lowest BCUT2D eigenvalue weighted by atomic mass is 10.0. The van der Waals surface area contributed by atoms with Crippen LogP contribution in [-0.4, -0.2) is 18.1 Å². The molecule has 1 nitrogen and oxygen atoms in total. The van der Waals surface area contributed by atoms with Gasteiger partial charge in [0.05, 0.1) is 0 Å². The van der Waals surface area contributed by atoms with Crippen molar-refractivity contribution in [3.05, 3.63) is 34.1 Å². The van der Waals surface area contributed by atoms with Gasteiger partial charge < -0.3 is 0 Å². The zero-order chi connectivity index (χ0) is 13.2. The SMILES string of the molecule is O=C(Cc1cc(Br)ccc1F)C(F)(F)C(F)F. The van der Waals surface area contributed by atoms with Crippen molar-refractivity contribution >= 4 is 21.7 Å². The molecule has 0 N–H and O–H groups in total. The third-order valence-corrected chi connectivity index (χ3v) is 2.50. The van der Waals surface area contributed by atoms with Crippen molar-refractivity contribution < 1.29 is 26.7 Å². The fraction of sp³-hybridized carbons (Fsp3) is 0.300. The van der Waals surface area contributed by atoms with Crippen molar-refractivity contribution in [3.8, 4) is 0 Å². The van der Waals surface area contributed by atoms with Crippen LogP contribution in [0, 0.1) is 5.82 Å². The fourth-order valence-corrected chi connectivity index (χ4v) is 1.50. The molecule has 0 aliphatic rings. The van der Waals surface area contributed by atoms with E-state index in [0.717, 1.165) is 12.1 Å². The second kappa shape index (κ2) is 5.12. The van der Waals surface area contributed by atoms with E-state index in [1.54, 1.807) is 0 Å². The maximum Gasteiger partial charge on any atom is 0.364 e. The molecule has 17 heavy (non-hydrogen) atoms. The van der Waals surface area contributed by atoms with E-state index in [0.29, 0.717) is 4.47 Å². The first-order valence-corrected chi connectivity index (χ1v) is 5.17. The van der Waals surface area contributed by atoms with Crippen LogP contribution in [0.2, 0.25) is 0 Å². The number of halogens is 6.